The van der Waals surface area contributed by atoms with Crippen molar-refractivity contribution in [3.8, 4) is 34.2 Å². The van der Waals surface area contributed by atoms with Crippen molar-refractivity contribution in [1.29, 1.82) is 0 Å². The van der Waals surface area contributed by atoms with E-state index < -0.39 is 0 Å². The average Bonchev–Trinajstić information content (AvgIpc) is 3.81. The Morgan fingerprint density at radius 2 is 1.43 bits per heavy atom. The number of aromatic nitrogens is 3. The fourth-order valence-corrected chi connectivity index (χ4v) is 8.04. The average molecular weight is 724 g/mol. The van der Waals surface area contributed by atoms with E-state index in [9.17, 15) is 0 Å². The van der Waals surface area contributed by atoms with Gasteiger partial charge in [-0.05, 0) is 83.6 Å². The molecule has 2 N–H and O–H groups in total. The summed E-state index contributed by atoms with van der Waals surface area (Å²) in [4.78, 5) is 17.3. The van der Waals surface area contributed by atoms with Gasteiger partial charge in [0.15, 0.2) is 17.5 Å². The van der Waals surface area contributed by atoms with Crippen LogP contribution in [0.3, 0.4) is 0 Å². The molecule has 6 aromatic carbocycles. The van der Waals surface area contributed by atoms with E-state index in [0.717, 1.165) is 68.2 Å². The van der Waals surface area contributed by atoms with E-state index in [2.05, 4.69) is 108 Å². The van der Waals surface area contributed by atoms with Gasteiger partial charge in [-0.2, -0.15) is 0 Å². The molecule has 6 nitrogen and oxygen atoms in total. The minimum atomic E-state index is 0.312. The van der Waals surface area contributed by atoms with Crippen LogP contribution in [0.4, 0.5) is 11.4 Å². The van der Waals surface area contributed by atoms with Gasteiger partial charge in [-0.25, -0.2) is 15.0 Å². The van der Waals surface area contributed by atoms with Gasteiger partial charge in [-0.15, -0.1) is 0 Å². The van der Waals surface area contributed by atoms with Crippen molar-refractivity contribution in [2.45, 2.75) is 18.8 Å². The van der Waals surface area contributed by atoms with Crippen LogP contribution >= 0.6 is 0 Å². The molecule has 1 unspecified atom stereocenters. The zero-order chi connectivity index (χ0) is 37.4. The summed E-state index contributed by atoms with van der Waals surface area (Å²) >= 11 is 0. The summed E-state index contributed by atoms with van der Waals surface area (Å²) in [6.45, 7) is 0. The monoisotopic (exact) mass is 723 g/mol. The number of fused-ring (bicyclic) bond motifs is 6. The molecule has 6 heteroatoms. The summed E-state index contributed by atoms with van der Waals surface area (Å²) in [7, 11) is 0. The maximum Gasteiger partial charge on any atom is 0.164 e. The first-order valence-corrected chi connectivity index (χ1v) is 19.0. The van der Waals surface area contributed by atoms with Crippen molar-refractivity contribution in [2.24, 2.45) is 5.73 Å². The van der Waals surface area contributed by atoms with Gasteiger partial charge in [0.2, 0.25) is 0 Å². The first kappa shape index (κ1) is 33.3. The van der Waals surface area contributed by atoms with Crippen LogP contribution in [0, 0.1) is 0 Å². The molecule has 2 aromatic heterocycles. The topological polar surface area (TPSA) is 81.1 Å². The largest absolute Gasteiger partial charge is 0.456 e. The minimum absolute atomic E-state index is 0.312. The van der Waals surface area contributed by atoms with Gasteiger partial charge in [-0.3, -0.25) is 0 Å². The van der Waals surface area contributed by atoms with E-state index in [0.29, 0.717) is 23.4 Å². The lowest BCUT2D eigenvalue weighted by Gasteiger charge is -2.24. The highest BCUT2D eigenvalue weighted by molar-refractivity contribution is 6.12. The number of hydrogen-bond donors (Lipinski definition) is 1. The zero-order valence-corrected chi connectivity index (χ0v) is 30.6. The van der Waals surface area contributed by atoms with Crippen LogP contribution < -0.4 is 10.6 Å². The molecule has 268 valence electrons. The Bertz CT molecular complexity index is 2810. The molecule has 0 fully saturated rings. The van der Waals surface area contributed by atoms with Gasteiger partial charge in [0.25, 0.3) is 0 Å². The third-order valence-corrected chi connectivity index (χ3v) is 10.7. The Balaban J connectivity index is 0.976. The molecule has 2 aliphatic rings. The lowest BCUT2D eigenvalue weighted by molar-refractivity contribution is 0.669. The Kier molecular flexibility index (Phi) is 8.41. The van der Waals surface area contributed by atoms with Gasteiger partial charge >= 0.3 is 0 Å². The predicted molar refractivity (Wildman–Crippen MR) is 228 cm³/mol. The molecule has 56 heavy (non-hydrogen) atoms. The van der Waals surface area contributed by atoms with Crippen LogP contribution in [-0.4, -0.2) is 15.0 Å². The summed E-state index contributed by atoms with van der Waals surface area (Å²) < 4.78 is 6.40. The SMILES string of the molecule is N/C=C(\C=C/Cc1ccc2oc3cccc(-c4nc(-c5ccccc5)nc(-c5ccccc5)n4)c3c2c1)c1ccc2c(c1)C1CC=CC=C1N2c1ccccc1. The zero-order valence-electron chi connectivity index (χ0n) is 30.6. The standard InChI is InChI=1S/C50H37N5O/c51-32-37(36-27-28-44-41(31-36)39-22-10-11-24-43(39)55(44)38-20-8-3-9-21-38)19-12-14-33-26-29-45-42(30-33)47-40(23-13-25-46(47)56-45)50-53-48(34-15-4-1-5-16-34)52-49(54-50)35-17-6-2-7-18-35/h1-13,15-21,23-32,39H,14,22,51H2/b19-12-,37-32+. The second kappa shape index (κ2) is 14.2. The Hall–Kier alpha value is -7.31. The van der Waals surface area contributed by atoms with Crippen molar-refractivity contribution in [3.05, 3.63) is 205 Å². The second-order valence-corrected chi connectivity index (χ2v) is 14.1. The van der Waals surface area contributed by atoms with Crippen LogP contribution in [0.2, 0.25) is 0 Å². The molecule has 0 radical (unpaired) electrons. The van der Waals surface area contributed by atoms with Crippen LogP contribution in [0.25, 0.3) is 61.7 Å². The second-order valence-electron chi connectivity index (χ2n) is 14.1. The van der Waals surface area contributed by atoms with E-state index in [1.807, 2.05) is 72.8 Å². The van der Waals surface area contributed by atoms with E-state index in [1.165, 1.54) is 22.6 Å². The van der Waals surface area contributed by atoms with Crippen molar-refractivity contribution >= 4 is 38.9 Å². The first-order valence-electron chi connectivity index (χ1n) is 19.0. The molecule has 0 amide bonds. The molecular formula is C50H37N5O. The molecule has 3 heterocycles. The fourth-order valence-electron chi connectivity index (χ4n) is 8.04. The van der Waals surface area contributed by atoms with Crippen molar-refractivity contribution in [3.63, 3.8) is 0 Å². The predicted octanol–water partition coefficient (Wildman–Crippen LogP) is 11.9. The Morgan fingerprint density at radius 1 is 0.714 bits per heavy atom. The van der Waals surface area contributed by atoms with E-state index in [1.54, 1.807) is 6.20 Å². The van der Waals surface area contributed by atoms with Gasteiger partial charge in [0.1, 0.15) is 11.2 Å². The van der Waals surface area contributed by atoms with Crippen LogP contribution in [0.15, 0.2) is 192 Å². The third kappa shape index (κ3) is 5.98. The Morgan fingerprint density at radius 3 is 2.16 bits per heavy atom. The molecule has 1 aliphatic heterocycles. The molecule has 0 bridgehead atoms. The summed E-state index contributed by atoms with van der Waals surface area (Å²) in [5.41, 5.74) is 18.9. The highest BCUT2D eigenvalue weighted by Crippen LogP contribution is 2.51. The van der Waals surface area contributed by atoms with Gasteiger partial charge in [0, 0.05) is 56.7 Å². The summed E-state index contributed by atoms with van der Waals surface area (Å²) in [5, 5.41) is 2.00. The van der Waals surface area contributed by atoms with E-state index in [-0.39, 0.29) is 0 Å². The molecule has 1 aliphatic carbocycles. The van der Waals surface area contributed by atoms with Crippen molar-refractivity contribution < 1.29 is 4.42 Å². The first-order chi connectivity index (χ1) is 27.7. The number of rotatable bonds is 8. The van der Waals surface area contributed by atoms with Gasteiger partial charge in [-0.1, -0.05) is 127 Å². The van der Waals surface area contributed by atoms with Crippen LogP contribution in [-0.2, 0) is 6.42 Å². The number of furan rings is 1. The molecule has 0 saturated heterocycles. The quantitative estimate of drug-likeness (QED) is 0.157. The molecular weight excluding hydrogens is 687 g/mol. The third-order valence-electron chi connectivity index (χ3n) is 10.7. The lowest BCUT2D eigenvalue weighted by Crippen LogP contribution is -2.14. The van der Waals surface area contributed by atoms with Crippen LogP contribution in [0.5, 0.6) is 0 Å². The maximum absolute atomic E-state index is 6.40. The van der Waals surface area contributed by atoms with Crippen molar-refractivity contribution in [1.82, 2.24) is 15.0 Å². The highest BCUT2D eigenvalue weighted by Gasteiger charge is 2.35. The Labute approximate surface area is 325 Å². The molecule has 0 saturated carbocycles. The molecule has 1 atom stereocenters. The molecule has 0 spiro atoms. The van der Waals surface area contributed by atoms with Crippen LogP contribution in [0.1, 0.15) is 29.0 Å². The maximum atomic E-state index is 6.40. The summed E-state index contributed by atoms with van der Waals surface area (Å²) in [5.74, 6) is 2.16. The number of nitrogens with two attached hydrogens (primary N) is 1. The summed E-state index contributed by atoms with van der Waals surface area (Å²) in [6, 6.07) is 49.9. The molecule has 8 aromatic rings. The minimum Gasteiger partial charge on any atom is -0.456 e. The number of para-hydroxylation sites is 1. The van der Waals surface area contributed by atoms with E-state index >= 15 is 0 Å². The summed E-state index contributed by atoms with van der Waals surface area (Å²) in [6.07, 6.45) is 14.4. The number of hydrogen-bond acceptors (Lipinski definition) is 6. The highest BCUT2D eigenvalue weighted by atomic mass is 16.3. The van der Waals surface area contributed by atoms with Crippen molar-refractivity contribution in [2.75, 3.05) is 4.90 Å². The van der Waals surface area contributed by atoms with E-state index in [4.69, 9.17) is 25.1 Å². The fraction of sp³-hybridized carbons (Fsp3) is 0.0600. The smallest absolute Gasteiger partial charge is 0.164 e. The van der Waals surface area contributed by atoms with Gasteiger partial charge < -0.3 is 15.1 Å². The normalized spacial score (nSPS) is 15.1. The number of allylic oxidation sites excluding steroid dienone is 7. The number of anilines is 2. The lowest BCUT2D eigenvalue weighted by atomic mass is 9.90. The van der Waals surface area contributed by atoms with Gasteiger partial charge in [0.05, 0.1) is 0 Å². The molecule has 10 rings (SSSR count). The number of benzene rings is 6. The number of nitrogens with zero attached hydrogens (tertiary/aromatic N) is 4.